The molecule has 0 aliphatic heterocycles. The maximum atomic E-state index is 7.58. The molecule has 1 nitrogen and oxygen atoms in total. The average Bonchev–Trinajstić information content (AvgIpc) is 2.28. The number of hydrogen-bond acceptors (Lipinski definition) is 0. The molecule has 0 amide bonds. The van der Waals surface area contributed by atoms with Gasteiger partial charge in [-0.25, -0.2) is 6.57 Å². The van der Waals surface area contributed by atoms with Crippen LogP contribution in [0.3, 0.4) is 0 Å². The lowest BCUT2D eigenvalue weighted by Gasteiger charge is -2.51. The lowest BCUT2D eigenvalue weighted by Crippen LogP contribution is -2.49. The van der Waals surface area contributed by atoms with E-state index in [9.17, 15) is 0 Å². The fourth-order valence-electron chi connectivity index (χ4n) is 4.27. The zero-order chi connectivity index (χ0) is 12.7. The summed E-state index contributed by atoms with van der Waals surface area (Å²) >= 11 is 0. The van der Waals surface area contributed by atoms with Crippen LogP contribution in [-0.2, 0) is 0 Å². The Hall–Kier alpha value is -0.770. The second kappa shape index (κ2) is 4.16. The van der Waals surface area contributed by atoms with Gasteiger partial charge in [-0.3, -0.25) is 0 Å². The predicted octanol–water partition coefficient (Wildman–Crippen LogP) is 4.85. The van der Waals surface area contributed by atoms with E-state index in [4.69, 9.17) is 6.57 Å². The number of fused-ring (bicyclic) bond motifs is 1. The first-order valence-corrected chi connectivity index (χ1v) is 6.95. The van der Waals surface area contributed by atoms with E-state index in [1.165, 1.54) is 37.7 Å². The molecule has 2 aliphatic carbocycles. The zero-order valence-electron chi connectivity index (χ0n) is 11.6. The first-order valence-electron chi connectivity index (χ1n) is 6.95. The fourth-order valence-corrected chi connectivity index (χ4v) is 4.27. The van der Waals surface area contributed by atoms with Gasteiger partial charge in [-0.2, -0.15) is 0 Å². The Morgan fingerprint density at radius 1 is 1.29 bits per heavy atom. The van der Waals surface area contributed by atoms with Gasteiger partial charge in [0.05, 0.1) is 0 Å². The third-order valence-corrected chi connectivity index (χ3v) is 5.56. The van der Waals surface area contributed by atoms with Crippen LogP contribution in [0.1, 0.15) is 59.3 Å². The standard InChI is InChI=1S/C16H25N/c1-12(2)13-7-10-15(3)8-6-9-16(4,17-5)14(15)11-13/h13-14H,1,6-11H2,2-4H3/t13-,14+,15+,16+/m0/s1. The molecule has 94 valence electrons. The minimum atomic E-state index is -0.110. The van der Waals surface area contributed by atoms with E-state index in [0.29, 0.717) is 17.3 Å². The molecule has 4 atom stereocenters. The van der Waals surface area contributed by atoms with E-state index >= 15 is 0 Å². The minimum Gasteiger partial charge on any atom is -0.310 e. The highest BCUT2D eigenvalue weighted by Gasteiger charge is 2.55. The fraction of sp³-hybridized carbons (Fsp3) is 0.812. The van der Waals surface area contributed by atoms with E-state index in [1.807, 2.05) is 0 Å². The maximum absolute atomic E-state index is 7.58. The summed E-state index contributed by atoms with van der Waals surface area (Å²) < 4.78 is 0. The molecule has 0 aromatic heterocycles. The van der Waals surface area contributed by atoms with Gasteiger partial charge in [0.25, 0.3) is 0 Å². The van der Waals surface area contributed by atoms with Gasteiger partial charge in [0, 0.05) is 19.3 Å². The Balaban J connectivity index is 2.28. The van der Waals surface area contributed by atoms with Gasteiger partial charge in [0.15, 0.2) is 0 Å². The minimum absolute atomic E-state index is 0.110. The van der Waals surface area contributed by atoms with E-state index < -0.39 is 0 Å². The van der Waals surface area contributed by atoms with Crippen LogP contribution in [0.5, 0.6) is 0 Å². The Bertz CT molecular complexity index is 364. The smallest absolute Gasteiger partial charge is 0.233 e. The summed E-state index contributed by atoms with van der Waals surface area (Å²) in [4.78, 5) is 4.02. The van der Waals surface area contributed by atoms with Gasteiger partial charge in [0.2, 0.25) is 5.54 Å². The van der Waals surface area contributed by atoms with Crippen LogP contribution in [0.15, 0.2) is 12.2 Å². The molecule has 0 aromatic rings. The molecule has 0 heterocycles. The van der Waals surface area contributed by atoms with Crippen LogP contribution in [0.2, 0.25) is 0 Å². The molecule has 0 unspecified atom stereocenters. The van der Waals surface area contributed by atoms with Crippen molar-refractivity contribution in [1.29, 1.82) is 0 Å². The first kappa shape index (κ1) is 12.7. The Morgan fingerprint density at radius 3 is 2.59 bits per heavy atom. The molecule has 1 heteroatoms. The van der Waals surface area contributed by atoms with Crippen molar-refractivity contribution in [1.82, 2.24) is 0 Å². The quantitative estimate of drug-likeness (QED) is 0.449. The molecule has 0 spiro atoms. The molecule has 2 rings (SSSR count). The summed E-state index contributed by atoms with van der Waals surface area (Å²) in [5.41, 5.74) is 1.63. The lowest BCUT2D eigenvalue weighted by atomic mass is 9.52. The number of hydrogen-bond donors (Lipinski definition) is 0. The van der Waals surface area contributed by atoms with E-state index in [-0.39, 0.29) is 5.54 Å². The van der Waals surface area contributed by atoms with E-state index in [2.05, 4.69) is 32.2 Å². The van der Waals surface area contributed by atoms with Crippen LogP contribution in [-0.4, -0.2) is 5.54 Å². The van der Waals surface area contributed by atoms with Crippen molar-refractivity contribution in [2.45, 2.75) is 64.8 Å². The molecule has 0 radical (unpaired) electrons. The Morgan fingerprint density at radius 2 is 2.00 bits per heavy atom. The van der Waals surface area contributed by atoms with Crippen molar-refractivity contribution in [3.8, 4) is 0 Å². The molecule has 2 saturated carbocycles. The molecule has 2 aliphatic rings. The first-order chi connectivity index (χ1) is 7.91. The number of nitrogens with zero attached hydrogens (tertiary/aromatic N) is 1. The van der Waals surface area contributed by atoms with Gasteiger partial charge >= 0.3 is 0 Å². The second-order valence-corrected chi connectivity index (χ2v) is 6.85. The molecule has 0 aromatic carbocycles. The lowest BCUT2D eigenvalue weighted by molar-refractivity contribution is 0.00642. The third-order valence-electron chi connectivity index (χ3n) is 5.56. The Kier molecular flexibility index (Phi) is 3.10. The topological polar surface area (TPSA) is 4.36 Å². The zero-order valence-corrected chi connectivity index (χ0v) is 11.6. The number of allylic oxidation sites excluding steroid dienone is 1. The van der Waals surface area contributed by atoms with Crippen LogP contribution >= 0.6 is 0 Å². The SMILES string of the molecule is [C-]#[N+][C@]1(C)CCC[C@]2(C)CC[C@H](C(=C)C)C[C@H]21. The van der Waals surface area contributed by atoms with Crippen molar-refractivity contribution in [3.05, 3.63) is 23.6 Å². The molecule has 17 heavy (non-hydrogen) atoms. The maximum Gasteiger partial charge on any atom is 0.233 e. The van der Waals surface area contributed by atoms with Gasteiger partial charge in [0.1, 0.15) is 0 Å². The summed E-state index contributed by atoms with van der Waals surface area (Å²) in [6.07, 6.45) is 7.44. The highest BCUT2D eigenvalue weighted by molar-refractivity contribution is 5.13. The summed E-state index contributed by atoms with van der Waals surface area (Å²) in [5.74, 6) is 1.24. The van der Waals surface area contributed by atoms with Crippen molar-refractivity contribution < 1.29 is 0 Å². The van der Waals surface area contributed by atoms with Gasteiger partial charge < -0.3 is 4.85 Å². The molecule has 0 bridgehead atoms. The van der Waals surface area contributed by atoms with Gasteiger partial charge in [-0.05, 0) is 50.4 Å². The van der Waals surface area contributed by atoms with E-state index in [0.717, 1.165) is 6.42 Å². The van der Waals surface area contributed by atoms with Crippen molar-refractivity contribution >= 4 is 0 Å². The van der Waals surface area contributed by atoms with Crippen molar-refractivity contribution in [2.75, 3.05) is 0 Å². The summed E-state index contributed by atoms with van der Waals surface area (Å²) in [7, 11) is 0. The summed E-state index contributed by atoms with van der Waals surface area (Å²) in [5, 5.41) is 0. The predicted molar refractivity (Wildman–Crippen MR) is 72.6 cm³/mol. The van der Waals surface area contributed by atoms with Crippen LogP contribution < -0.4 is 0 Å². The monoisotopic (exact) mass is 231 g/mol. The number of rotatable bonds is 1. The summed E-state index contributed by atoms with van der Waals surface area (Å²) in [6, 6.07) is 0. The molecule has 0 N–H and O–H groups in total. The van der Waals surface area contributed by atoms with E-state index in [1.54, 1.807) is 0 Å². The third kappa shape index (κ3) is 2.03. The van der Waals surface area contributed by atoms with Crippen LogP contribution in [0.4, 0.5) is 0 Å². The van der Waals surface area contributed by atoms with Crippen LogP contribution in [0.25, 0.3) is 4.85 Å². The van der Waals surface area contributed by atoms with Crippen molar-refractivity contribution in [3.63, 3.8) is 0 Å². The van der Waals surface area contributed by atoms with Crippen LogP contribution in [0, 0.1) is 23.8 Å². The molecular weight excluding hydrogens is 206 g/mol. The largest absolute Gasteiger partial charge is 0.310 e. The molecule has 2 fully saturated rings. The van der Waals surface area contributed by atoms with Gasteiger partial charge in [-0.1, -0.05) is 19.1 Å². The van der Waals surface area contributed by atoms with Crippen molar-refractivity contribution in [2.24, 2.45) is 17.3 Å². The Labute approximate surface area is 106 Å². The normalized spacial score (nSPS) is 45.8. The highest BCUT2D eigenvalue weighted by Crippen LogP contribution is 2.57. The summed E-state index contributed by atoms with van der Waals surface area (Å²) in [6.45, 7) is 18.5. The average molecular weight is 231 g/mol. The second-order valence-electron chi connectivity index (χ2n) is 6.85. The molecule has 0 saturated heterocycles. The van der Waals surface area contributed by atoms with Gasteiger partial charge in [-0.15, -0.1) is 0 Å². The molecular formula is C16H25N. The highest BCUT2D eigenvalue weighted by atomic mass is 14.8.